The van der Waals surface area contributed by atoms with E-state index < -0.39 is 21.1 Å². The van der Waals surface area contributed by atoms with Crippen LogP contribution in [0.15, 0.2) is 12.1 Å². The summed E-state index contributed by atoms with van der Waals surface area (Å²) in [6.45, 7) is 1.65. The lowest BCUT2D eigenvalue weighted by atomic mass is 9.98. The van der Waals surface area contributed by atoms with Crippen LogP contribution in [0.4, 0.5) is 4.39 Å². The fraction of sp³-hybridized carbons (Fsp3) is 0.571. The summed E-state index contributed by atoms with van der Waals surface area (Å²) in [4.78, 5) is 0. The zero-order valence-electron chi connectivity index (χ0n) is 11.6. The molecule has 0 spiro atoms. The first-order valence-electron chi connectivity index (χ1n) is 6.71. The molecule has 2 rings (SSSR count). The van der Waals surface area contributed by atoms with Gasteiger partial charge in [-0.1, -0.05) is 24.1 Å². The van der Waals surface area contributed by atoms with Crippen LogP contribution in [0.5, 0.6) is 0 Å². The molecule has 1 aliphatic rings. The van der Waals surface area contributed by atoms with Gasteiger partial charge in [0, 0.05) is 5.02 Å². The van der Waals surface area contributed by atoms with Crippen molar-refractivity contribution in [3.05, 3.63) is 34.1 Å². The predicted octanol–water partition coefficient (Wildman–Crippen LogP) is 3.02. The van der Waals surface area contributed by atoms with Crippen molar-refractivity contribution in [2.24, 2.45) is 0 Å². The van der Waals surface area contributed by atoms with Gasteiger partial charge < -0.3 is 5.32 Å². The maximum atomic E-state index is 13.5. The Labute approximate surface area is 124 Å². The van der Waals surface area contributed by atoms with Crippen LogP contribution in [-0.2, 0) is 9.84 Å². The molecule has 1 fully saturated rings. The van der Waals surface area contributed by atoms with Crippen LogP contribution in [-0.4, -0.2) is 26.5 Å². The molecule has 20 heavy (non-hydrogen) atoms. The van der Waals surface area contributed by atoms with Crippen LogP contribution in [0.1, 0.15) is 36.4 Å². The van der Waals surface area contributed by atoms with Gasteiger partial charge in [0.05, 0.1) is 17.0 Å². The molecule has 0 aliphatic carbocycles. The molecule has 2 atom stereocenters. The number of rotatable bonds is 3. The highest BCUT2D eigenvalue weighted by molar-refractivity contribution is 7.92. The Kier molecular flexibility index (Phi) is 4.72. The first-order valence-corrected chi connectivity index (χ1v) is 8.80. The molecule has 1 aliphatic heterocycles. The summed E-state index contributed by atoms with van der Waals surface area (Å²) in [7, 11) is -1.43. The van der Waals surface area contributed by atoms with E-state index in [4.69, 9.17) is 11.6 Å². The number of sulfone groups is 1. The zero-order valence-corrected chi connectivity index (χ0v) is 13.2. The van der Waals surface area contributed by atoms with E-state index in [1.807, 2.05) is 0 Å². The molecule has 6 heteroatoms. The summed E-state index contributed by atoms with van der Waals surface area (Å²) in [5, 5.41) is 2.82. The Hall–Kier alpha value is -0.650. The van der Waals surface area contributed by atoms with E-state index >= 15 is 0 Å². The van der Waals surface area contributed by atoms with E-state index in [-0.39, 0.29) is 16.6 Å². The Balaban J connectivity index is 2.45. The second kappa shape index (κ2) is 6.00. The van der Waals surface area contributed by atoms with Crippen molar-refractivity contribution in [3.63, 3.8) is 0 Å². The molecule has 1 heterocycles. The molecular weight excluding hydrogens is 301 g/mol. The van der Waals surface area contributed by atoms with E-state index in [0.29, 0.717) is 24.0 Å². The third kappa shape index (κ3) is 3.00. The number of aryl methyl sites for hydroxylation is 1. The minimum atomic E-state index is -3.14. The van der Waals surface area contributed by atoms with Gasteiger partial charge in [0.2, 0.25) is 0 Å². The third-order valence-electron chi connectivity index (χ3n) is 3.92. The lowest BCUT2D eigenvalue weighted by Crippen LogP contribution is -2.39. The molecular formula is C14H19ClFNO2S. The molecule has 0 aromatic heterocycles. The van der Waals surface area contributed by atoms with Crippen LogP contribution in [0.3, 0.4) is 0 Å². The molecule has 112 valence electrons. The van der Waals surface area contributed by atoms with Gasteiger partial charge >= 0.3 is 0 Å². The van der Waals surface area contributed by atoms with Gasteiger partial charge in [0.15, 0.2) is 9.84 Å². The highest BCUT2D eigenvalue weighted by Gasteiger charge is 2.36. The van der Waals surface area contributed by atoms with Gasteiger partial charge in [0.1, 0.15) is 5.82 Å². The average Bonchev–Trinajstić information content (AvgIpc) is 2.37. The van der Waals surface area contributed by atoms with Crippen molar-refractivity contribution < 1.29 is 12.8 Å². The van der Waals surface area contributed by atoms with E-state index in [1.54, 1.807) is 20.0 Å². The molecule has 1 aromatic rings. The first-order chi connectivity index (χ1) is 9.36. The Morgan fingerprint density at radius 3 is 2.70 bits per heavy atom. The Bertz CT molecular complexity index is 603. The van der Waals surface area contributed by atoms with Gasteiger partial charge in [-0.25, -0.2) is 12.8 Å². The largest absolute Gasteiger partial charge is 0.312 e. The zero-order chi connectivity index (χ0) is 14.9. The topological polar surface area (TPSA) is 46.2 Å². The van der Waals surface area contributed by atoms with Crippen molar-refractivity contribution in [1.82, 2.24) is 5.32 Å². The summed E-state index contributed by atoms with van der Waals surface area (Å²) in [5.41, 5.74) is 1.13. The highest BCUT2D eigenvalue weighted by Crippen LogP contribution is 2.34. The minimum absolute atomic E-state index is 0.216. The SMILES string of the molecule is CNC(c1cc(C)c(F)cc1Cl)C1CCCCS1(=O)=O. The number of nitrogens with one attached hydrogen (secondary N) is 1. The van der Waals surface area contributed by atoms with Gasteiger partial charge in [0.25, 0.3) is 0 Å². The number of benzene rings is 1. The molecule has 0 amide bonds. The second-order valence-electron chi connectivity index (χ2n) is 5.29. The number of hydrogen-bond donors (Lipinski definition) is 1. The van der Waals surface area contributed by atoms with Crippen molar-refractivity contribution >= 4 is 21.4 Å². The maximum absolute atomic E-state index is 13.5. The van der Waals surface area contributed by atoms with Gasteiger partial charge in [-0.3, -0.25) is 0 Å². The van der Waals surface area contributed by atoms with Crippen LogP contribution in [0.2, 0.25) is 5.02 Å². The minimum Gasteiger partial charge on any atom is -0.312 e. The first kappa shape index (κ1) is 15.7. The van der Waals surface area contributed by atoms with E-state index in [0.717, 1.165) is 6.42 Å². The quantitative estimate of drug-likeness (QED) is 0.931. The van der Waals surface area contributed by atoms with Crippen LogP contribution in [0, 0.1) is 12.7 Å². The molecule has 0 bridgehead atoms. The molecule has 0 saturated carbocycles. The van der Waals surface area contributed by atoms with Crippen LogP contribution < -0.4 is 5.32 Å². The van der Waals surface area contributed by atoms with E-state index in [1.165, 1.54) is 6.07 Å². The van der Waals surface area contributed by atoms with Crippen molar-refractivity contribution in [2.45, 2.75) is 37.5 Å². The van der Waals surface area contributed by atoms with E-state index in [9.17, 15) is 12.8 Å². The van der Waals surface area contributed by atoms with Crippen molar-refractivity contribution in [2.75, 3.05) is 12.8 Å². The Morgan fingerprint density at radius 1 is 1.40 bits per heavy atom. The standard InChI is InChI=1S/C14H19ClFNO2S/c1-9-7-10(11(15)8-12(9)16)14(17-2)13-5-3-4-6-20(13,18)19/h7-8,13-14,17H,3-6H2,1-2H3. The number of hydrogen-bond acceptors (Lipinski definition) is 3. The smallest absolute Gasteiger partial charge is 0.155 e. The fourth-order valence-electron chi connectivity index (χ4n) is 2.81. The van der Waals surface area contributed by atoms with Gasteiger partial charge in [-0.15, -0.1) is 0 Å². The van der Waals surface area contributed by atoms with Crippen molar-refractivity contribution in [3.8, 4) is 0 Å². The normalized spacial score (nSPS) is 23.5. The molecule has 2 unspecified atom stereocenters. The average molecular weight is 320 g/mol. The fourth-order valence-corrected chi connectivity index (χ4v) is 5.21. The summed E-state index contributed by atoms with van der Waals surface area (Å²) >= 11 is 6.11. The molecule has 1 aromatic carbocycles. The third-order valence-corrected chi connectivity index (χ3v) is 6.54. The lowest BCUT2D eigenvalue weighted by Gasteiger charge is -2.31. The molecule has 1 N–H and O–H groups in total. The van der Waals surface area contributed by atoms with Gasteiger partial charge in [-0.2, -0.15) is 0 Å². The summed E-state index contributed by atoms with van der Waals surface area (Å²) in [6.07, 6.45) is 2.21. The maximum Gasteiger partial charge on any atom is 0.155 e. The van der Waals surface area contributed by atoms with Crippen LogP contribution >= 0.6 is 11.6 Å². The van der Waals surface area contributed by atoms with Crippen molar-refractivity contribution in [1.29, 1.82) is 0 Å². The molecule has 0 radical (unpaired) electrons. The molecule has 1 saturated heterocycles. The summed E-state index contributed by atoms with van der Waals surface area (Å²) < 4.78 is 38.0. The lowest BCUT2D eigenvalue weighted by molar-refractivity contribution is 0.468. The number of halogens is 2. The summed E-state index contributed by atoms with van der Waals surface area (Å²) in [5.74, 6) is -0.159. The van der Waals surface area contributed by atoms with Gasteiger partial charge in [-0.05, 0) is 44.0 Å². The second-order valence-corrected chi connectivity index (χ2v) is 8.04. The monoisotopic (exact) mass is 319 g/mol. The molecule has 3 nitrogen and oxygen atoms in total. The van der Waals surface area contributed by atoms with Crippen LogP contribution in [0.25, 0.3) is 0 Å². The Morgan fingerprint density at radius 2 is 2.10 bits per heavy atom. The summed E-state index contributed by atoms with van der Waals surface area (Å²) in [6, 6.07) is 2.50. The van der Waals surface area contributed by atoms with E-state index in [2.05, 4.69) is 5.32 Å². The predicted molar refractivity (Wildman–Crippen MR) is 79.4 cm³/mol. The highest BCUT2D eigenvalue weighted by atomic mass is 35.5.